The summed E-state index contributed by atoms with van der Waals surface area (Å²) in [6, 6.07) is 8.26. The number of amides is 2. The van der Waals surface area contributed by atoms with Crippen LogP contribution < -0.4 is 10.6 Å². The minimum absolute atomic E-state index is 0.0390. The summed E-state index contributed by atoms with van der Waals surface area (Å²) in [6.07, 6.45) is -1.23. The highest BCUT2D eigenvalue weighted by Gasteiger charge is 2.18. The van der Waals surface area contributed by atoms with E-state index in [9.17, 15) is 9.59 Å². The second kappa shape index (κ2) is 6.95. The topological polar surface area (TPSA) is 107 Å². The van der Waals surface area contributed by atoms with Gasteiger partial charge < -0.3 is 15.7 Å². The standard InChI is InChI=1S/C12H12N4O3S2/c17-9(14-10-15-16-12(20)21-10)6-8(13-11(18)19)7-4-2-1-3-5-7/h1-5,8,13H,6H2,(H,16,20)(H,18,19)(H,14,15,17). The average Bonchev–Trinajstić information content (AvgIpc) is 2.83. The van der Waals surface area contributed by atoms with Crippen LogP contribution in [0.2, 0.25) is 0 Å². The minimum Gasteiger partial charge on any atom is -0.465 e. The molecule has 1 heterocycles. The molecule has 2 aromatic rings. The third-order valence-corrected chi connectivity index (χ3v) is 3.58. The summed E-state index contributed by atoms with van der Waals surface area (Å²) in [7, 11) is 0. The Morgan fingerprint density at radius 3 is 2.67 bits per heavy atom. The van der Waals surface area contributed by atoms with Crippen LogP contribution >= 0.6 is 23.6 Å². The number of nitrogens with zero attached hydrogens (tertiary/aromatic N) is 1. The zero-order valence-corrected chi connectivity index (χ0v) is 12.3. The highest BCUT2D eigenvalue weighted by Crippen LogP contribution is 2.18. The predicted molar refractivity (Wildman–Crippen MR) is 80.9 cm³/mol. The molecule has 0 saturated carbocycles. The Balaban J connectivity index is 2.06. The Bertz CT molecular complexity index is 683. The van der Waals surface area contributed by atoms with Crippen LogP contribution in [0, 0.1) is 3.95 Å². The van der Waals surface area contributed by atoms with E-state index in [-0.39, 0.29) is 12.3 Å². The number of rotatable bonds is 5. The van der Waals surface area contributed by atoms with E-state index in [1.54, 1.807) is 24.3 Å². The molecule has 4 N–H and O–H groups in total. The SMILES string of the molecule is O=C(O)NC(CC(=O)Nc1n[nH]c(=S)s1)c1ccccc1. The molecule has 2 rings (SSSR count). The molecule has 1 aromatic carbocycles. The fourth-order valence-electron chi connectivity index (χ4n) is 1.73. The van der Waals surface area contributed by atoms with Crippen molar-refractivity contribution in [3.05, 3.63) is 39.8 Å². The fraction of sp³-hybridized carbons (Fsp3) is 0.167. The number of hydrogen-bond donors (Lipinski definition) is 4. The van der Waals surface area contributed by atoms with Crippen LogP contribution in [0.1, 0.15) is 18.0 Å². The minimum atomic E-state index is -1.19. The average molecular weight is 324 g/mol. The monoisotopic (exact) mass is 324 g/mol. The molecule has 9 heteroatoms. The first kappa shape index (κ1) is 15.1. The molecular weight excluding hydrogens is 312 g/mol. The van der Waals surface area contributed by atoms with Crippen molar-refractivity contribution in [3.63, 3.8) is 0 Å². The van der Waals surface area contributed by atoms with Crippen LogP contribution in [0.5, 0.6) is 0 Å². The van der Waals surface area contributed by atoms with Gasteiger partial charge in [0.25, 0.3) is 0 Å². The molecule has 0 bridgehead atoms. The molecule has 2 amide bonds. The Labute approximate surface area is 129 Å². The second-order valence-corrected chi connectivity index (χ2v) is 5.75. The molecule has 7 nitrogen and oxygen atoms in total. The first-order valence-corrected chi connectivity index (χ1v) is 7.17. The molecule has 0 aliphatic carbocycles. The van der Waals surface area contributed by atoms with Crippen LogP contribution in [-0.2, 0) is 4.79 Å². The van der Waals surface area contributed by atoms with E-state index in [2.05, 4.69) is 20.8 Å². The van der Waals surface area contributed by atoms with E-state index >= 15 is 0 Å². The fourth-order valence-corrected chi connectivity index (χ4v) is 2.53. The Morgan fingerprint density at radius 1 is 1.38 bits per heavy atom. The van der Waals surface area contributed by atoms with Gasteiger partial charge in [-0.3, -0.25) is 9.89 Å². The summed E-state index contributed by atoms with van der Waals surface area (Å²) in [4.78, 5) is 22.8. The molecule has 0 aliphatic rings. The van der Waals surface area contributed by atoms with Crippen LogP contribution in [0.4, 0.5) is 9.93 Å². The van der Waals surface area contributed by atoms with E-state index in [1.165, 1.54) is 0 Å². The number of carbonyl (C=O) groups excluding carboxylic acids is 1. The Hall–Kier alpha value is -2.26. The van der Waals surface area contributed by atoms with E-state index in [0.29, 0.717) is 14.6 Å². The summed E-state index contributed by atoms with van der Waals surface area (Å²) >= 11 is 6.00. The Kier molecular flexibility index (Phi) is 5.01. The normalized spacial score (nSPS) is 11.6. The molecule has 1 atom stereocenters. The molecule has 0 radical (unpaired) electrons. The lowest BCUT2D eigenvalue weighted by atomic mass is 10.0. The number of hydrogen-bond acceptors (Lipinski definition) is 5. The molecule has 110 valence electrons. The second-order valence-electron chi connectivity index (χ2n) is 4.08. The van der Waals surface area contributed by atoms with Gasteiger partial charge in [-0.25, -0.2) is 4.79 Å². The van der Waals surface area contributed by atoms with E-state index in [1.807, 2.05) is 6.07 Å². The smallest absolute Gasteiger partial charge is 0.405 e. The van der Waals surface area contributed by atoms with Gasteiger partial charge in [-0.2, -0.15) is 0 Å². The number of anilines is 1. The van der Waals surface area contributed by atoms with Gasteiger partial charge in [-0.05, 0) is 17.8 Å². The molecule has 0 aliphatic heterocycles. The van der Waals surface area contributed by atoms with Gasteiger partial charge in [0.2, 0.25) is 11.0 Å². The van der Waals surface area contributed by atoms with Crippen molar-refractivity contribution in [2.75, 3.05) is 5.32 Å². The number of carbonyl (C=O) groups is 2. The summed E-state index contributed by atoms with van der Waals surface area (Å²) in [5, 5.41) is 20.5. The van der Waals surface area contributed by atoms with Crippen LogP contribution in [0.3, 0.4) is 0 Å². The van der Waals surface area contributed by atoms with E-state index < -0.39 is 12.1 Å². The molecule has 21 heavy (non-hydrogen) atoms. The van der Waals surface area contributed by atoms with Crippen molar-refractivity contribution in [1.29, 1.82) is 0 Å². The summed E-state index contributed by atoms with van der Waals surface area (Å²) in [6.45, 7) is 0. The highest BCUT2D eigenvalue weighted by atomic mass is 32.1. The number of carboxylic acid groups (broad SMARTS) is 1. The number of nitrogens with one attached hydrogen (secondary N) is 3. The van der Waals surface area contributed by atoms with Crippen LogP contribution in [-0.4, -0.2) is 27.3 Å². The largest absolute Gasteiger partial charge is 0.465 e. The predicted octanol–water partition coefficient (Wildman–Crippen LogP) is 2.54. The van der Waals surface area contributed by atoms with Crippen LogP contribution in [0.15, 0.2) is 30.3 Å². The molecular formula is C12H12N4O3S2. The lowest BCUT2D eigenvalue weighted by Gasteiger charge is -2.16. The maximum absolute atomic E-state index is 12.0. The molecule has 1 unspecified atom stereocenters. The quantitative estimate of drug-likeness (QED) is 0.632. The Morgan fingerprint density at radius 2 is 2.10 bits per heavy atom. The molecule has 1 aromatic heterocycles. The summed E-state index contributed by atoms with van der Waals surface area (Å²) < 4.78 is 0.452. The molecule has 0 saturated heterocycles. The third-order valence-electron chi connectivity index (χ3n) is 2.57. The highest BCUT2D eigenvalue weighted by molar-refractivity contribution is 7.73. The molecule has 0 spiro atoms. The number of aromatic amines is 1. The van der Waals surface area contributed by atoms with Gasteiger partial charge in [-0.15, -0.1) is 5.10 Å². The van der Waals surface area contributed by atoms with Crippen molar-refractivity contribution in [1.82, 2.24) is 15.5 Å². The lowest BCUT2D eigenvalue weighted by Crippen LogP contribution is -2.30. The van der Waals surface area contributed by atoms with E-state index in [0.717, 1.165) is 11.3 Å². The zero-order valence-electron chi connectivity index (χ0n) is 10.7. The van der Waals surface area contributed by atoms with Gasteiger partial charge in [-0.1, -0.05) is 41.7 Å². The summed E-state index contributed by atoms with van der Waals surface area (Å²) in [5.41, 5.74) is 0.713. The van der Waals surface area contributed by atoms with Crippen molar-refractivity contribution >= 4 is 40.7 Å². The molecule has 0 fully saturated rings. The maximum atomic E-state index is 12.0. The third kappa shape index (κ3) is 4.65. The van der Waals surface area contributed by atoms with Gasteiger partial charge in [0.1, 0.15) is 0 Å². The van der Waals surface area contributed by atoms with Gasteiger partial charge in [0.05, 0.1) is 12.5 Å². The number of aromatic nitrogens is 2. The summed E-state index contributed by atoms with van der Waals surface area (Å²) in [5.74, 6) is -0.352. The lowest BCUT2D eigenvalue weighted by molar-refractivity contribution is -0.116. The van der Waals surface area contributed by atoms with Crippen molar-refractivity contribution < 1.29 is 14.7 Å². The van der Waals surface area contributed by atoms with Crippen molar-refractivity contribution in [2.45, 2.75) is 12.5 Å². The first-order valence-electron chi connectivity index (χ1n) is 5.94. The zero-order chi connectivity index (χ0) is 15.2. The number of benzene rings is 1. The van der Waals surface area contributed by atoms with Gasteiger partial charge >= 0.3 is 6.09 Å². The van der Waals surface area contributed by atoms with Crippen molar-refractivity contribution in [2.24, 2.45) is 0 Å². The van der Waals surface area contributed by atoms with Crippen LogP contribution in [0.25, 0.3) is 0 Å². The van der Waals surface area contributed by atoms with Crippen molar-refractivity contribution in [3.8, 4) is 0 Å². The van der Waals surface area contributed by atoms with Gasteiger partial charge in [0, 0.05) is 0 Å². The van der Waals surface area contributed by atoms with E-state index in [4.69, 9.17) is 17.3 Å². The number of H-pyrrole nitrogens is 1. The maximum Gasteiger partial charge on any atom is 0.405 e. The first-order chi connectivity index (χ1) is 10.0. The van der Waals surface area contributed by atoms with Gasteiger partial charge in [0.15, 0.2) is 3.95 Å².